The van der Waals surface area contributed by atoms with Crippen LogP contribution >= 0.6 is 0 Å². The first-order chi connectivity index (χ1) is 18.3. The van der Waals surface area contributed by atoms with Gasteiger partial charge in [0.25, 0.3) is 0 Å². The molecule has 0 aliphatic rings. The van der Waals surface area contributed by atoms with Gasteiger partial charge in [-0.25, -0.2) is 9.59 Å². The molecule has 188 valence electrons. The molecule has 0 atom stereocenters. The zero-order valence-corrected chi connectivity index (χ0v) is 19.2. The van der Waals surface area contributed by atoms with Crippen molar-refractivity contribution in [1.82, 2.24) is 9.97 Å². The summed E-state index contributed by atoms with van der Waals surface area (Å²) in [5.41, 5.74) is -0.868. The molecule has 0 aliphatic carbocycles. The van der Waals surface area contributed by atoms with Crippen LogP contribution in [0.1, 0.15) is 20.7 Å². The molecule has 11 heteroatoms. The third-order valence-corrected chi connectivity index (χ3v) is 5.34. The quantitative estimate of drug-likeness (QED) is 0.231. The topological polar surface area (TPSA) is 169 Å². The number of carbonyl (C=O) groups excluding carboxylic acids is 2. The van der Waals surface area contributed by atoms with Crippen molar-refractivity contribution in [3.05, 3.63) is 101 Å². The normalized spacial score (nSPS) is 10.7. The third-order valence-electron chi connectivity index (χ3n) is 5.34. The molecule has 0 bridgehead atoms. The van der Waals surface area contributed by atoms with Crippen molar-refractivity contribution in [2.45, 2.75) is 0 Å². The van der Waals surface area contributed by atoms with Gasteiger partial charge in [-0.2, -0.15) is 0 Å². The van der Waals surface area contributed by atoms with Crippen molar-refractivity contribution < 1.29 is 38.8 Å². The Labute approximate surface area is 212 Å². The van der Waals surface area contributed by atoms with Gasteiger partial charge in [-0.05, 0) is 42.5 Å². The lowest BCUT2D eigenvalue weighted by Gasteiger charge is -2.13. The number of fused-ring (bicyclic) bond motifs is 1. The maximum Gasteiger partial charge on any atom is 0.345 e. The second-order valence-corrected chi connectivity index (χ2v) is 7.87. The van der Waals surface area contributed by atoms with E-state index in [2.05, 4.69) is 9.97 Å². The van der Waals surface area contributed by atoms with Crippen LogP contribution in [0.25, 0.3) is 22.3 Å². The van der Waals surface area contributed by atoms with Crippen LogP contribution in [0.15, 0.2) is 88.6 Å². The largest absolute Gasteiger partial charge is 0.508 e. The number of ether oxygens (including phenoxy) is 2. The number of carbonyl (C=O) groups is 2. The molecule has 11 nitrogen and oxygen atoms in total. The SMILES string of the molecule is O=C(Oc1ccc(-c2oc3cc(O)cc(O)c3c(=O)c2O)cc1OC(=O)c1cccnc1)c1cccnc1. The Morgan fingerprint density at radius 1 is 0.789 bits per heavy atom. The maximum absolute atomic E-state index is 12.8. The van der Waals surface area contributed by atoms with E-state index in [4.69, 9.17) is 13.9 Å². The molecule has 0 amide bonds. The lowest BCUT2D eigenvalue weighted by atomic mass is 10.1. The Hall–Kier alpha value is -5.71. The number of phenolic OH excluding ortho intramolecular Hbond substituents is 2. The summed E-state index contributed by atoms with van der Waals surface area (Å²) in [6.07, 6.45) is 5.53. The van der Waals surface area contributed by atoms with Crippen molar-refractivity contribution in [2.75, 3.05) is 0 Å². The van der Waals surface area contributed by atoms with Gasteiger partial charge in [0.05, 0.1) is 11.1 Å². The van der Waals surface area contributed by atoms with E-state index in [0.29, 0.717) is 0 Å². The van der Waals surface area contributed by atoms with Gasteiger partial charge in [0.1, 0.15) is 22.5 Å². The second kappa shape index (κ2) is 9.74. The smallest absolute Gasteiger partial charge is 0.345 e. The fraction of sp³-hybridized carbons (Fsp3) is 0. The van der Waals surface area contributed by atoms with Gasteiger partial charge in [-0.15, -0.1) is 0 Å². The number of phenols is 2. The van der Waals surface area contributed by atoms with Crippen molar-refractivity contribution in [1.29, 1.82) is 0 Å². The number of aromatic hydroxyl groups is 3. The molecule has 0 aliphatic heterocycles. The Morgan fingerprint density at radius 3 is 2.03 bits per heavy atom. The molecule has 5 aromatic rings. The molecule has 0 saturated heterocycles. The number of esters is 2. The first-order valence-corrected chi connectivity index (χ1v) is 10.9. The van der Waals surface area contributed by atoms with Gasteiger partial charge in [0, 0.05) is 42.5 Å². The van der Waals surface area contributed by atoms with E-state index in [1.54, 1.807) is 6.07 Å². The van der Waals surface area contributed by atoms with Crippen molar-refractivity contribution in [3.8, 4) is 40.1 Å². The number of pyridine rings is 2. The molecule has 3 N–H and O–H groups in total. The highest BCUT2D eigenvalue weighted by molar-refractivity contribution is 5.93. The van der Waals surface area contributed by atoms with Crippen LogP contribution in [-0.4, -0.2) is 37.2 Å². The summed E-state index contributed by atoms with van der Waals surface area (Å²) in [4.78, 5) is 45.9. The average molecular weight is 512 g/mol. The summed E-state index contributed by atoms with van der Waals surface area (Å²) in [7, 11) is 0. The first kappa shape index (κ1) is 24.0. The van der Waals surface area contributed by atoms with Gasteiger partial charge in [0.2, 0.25) is 11.2 Å². The van der Waals surface area contributed by atoms with Crippen molar-refractivity contribution in [3.63, 3.8) is 0 Å². The number of rotatable bonds is 5. The Morgan fingerprint density at radius 2 is 1.42 bits per heavy atom. The molecular weight excluding hydrogens is 496 g/mol. The molecule has 0 spiro atoms. The van der Waals surface area contributed by atoms with Gasteiger partial charge in [-0.3, -0.25) is 14.8 Å². The fourth-order valence-electron chi connectivity index (χ4n) is 3.57. The molecule has 0 radical (unpaired) electrons. The third kappa shape index (κ3) is 4.58. The molecule has 3 aromatic heterocycles. The molecule has 3 heterocycles. The number of nitrogens with zero attached hydrogens (tertiary/aromatic N) is 2. The van der Waals surface area contributed by atoms with Crippen LogP contribution in [0.2, 0.25) is 0 Å². The van der Waals surface area contributed by atoms with Crippen molar-refractivity contribution in [2.24, 2.45) is 0 Å². The standard InChI is InChI=1S/C27H16N2O9/c30-17-10-18(31)22-21(11-17)36-25(24(33)23(22)32)14-5-6-19(37-26(34)15-3-1-7-28-12-15)20(9-14)38-27(35)16-4-2-8-29-13-16/h1-13,30-31,33H. The van der Waals surface area contributed by atoms with E-state index in [0.717, 1.165) is 12.1 Å². The van der Waals surface area contributed by atoms with Gasteiger partial charge in [0.15, 0.2) is 17.3 Å². The minimum Gasteiger partial charge on any atom is -0.508 e. The van der Waals surface area contributed by atoms with E-state index < -0.39 is 28.9 Å². The number of aromatic nitrogens is 2. The highest BCUT2D eigenvalue weighted by Gasteiger charge is 2.22. The van der Waals surface area contributed by atoms with Crippen LogP contribution in [0.4, 0.5) is 0 Å². The molecule has 0 saturated carbocycles. The summed E-state index contributed by atoms with van der Waals surface area (Å²) in [6, 6.07) is 11.9. The molecule has 2 aromatic carbocycles. The predicted molar refractivity (Wildman–Crippen MR) is 131 cm³/mol. The summed E-state index contributed by atoms with van der Waals surface area (Å²) >= 11 is 0. The van der Waals surface area contributed by atoms with Gasteiger partial charge < -0.3 is 29.2 Å². The van der Waals surface area contributed by atoms with E-state index in [9.17, 15) is 29.7 Å². The lowest BCUT2D eigenvalue weighted by molar-refractivity contribution is 0.0682. The Bertz CT molecular complexity index is 1750. The monoisotopic (exact) mass is 512 g/mol. The van der Waals surface area contributed by atoms with Crippen LogP contribution in [0, 0.1) is 0 Å². The maximum atomic E-state index is 12.8. The molecular formula is C27H16N2O9. The summed E-state index contributed by atoms with van der Waals surface area (Å²) in [5, 5.41) is 30.1. The Balaban J connectivity index is 1.61. The minimum atomic E-state index is -0.959. The molecule has 5 rings (SSSR count). The zero-order chi connectivity index (χ0) is 26.8. The summed E-state index contributed by atoms with van der Waals surface area (Å²) < 4.78 is 16.5. The number of hydrogen-bond acceptors (Lipinski definition) is 11. The number of hydrogen-bond donors (Lipinski definition) is 3. The number of benzene rings is 2. The van der Waals surface area contributed by atoms with Crippen molar-refractivity contribution >= 4 is 22.9 Å². The highest BCUT2D eigenvalue weighted by atomic mass is 16.6. The minimum absolute atomic E-state index is 0.0551. The van der Waals surface area contributed by atoms with E-state index in [1.165, 1.54) is 61.2 Å². The van der Waals surface area contributed by atoms with Crippen LogP contribution in [-0.2, 0) is 0 Å². The molecule has 0 unspecified atom stereocenters. The fourth-order valence-corrected chi connectivity index (χ4v) is 3.57. The van der Waals surface area contributed by atoms with E-state index in [-0.39, 0.29) is 50.7 Å². The molecule has 38 heavy (non-hydrogen) atoms. The van der Waals surface area contributed by atoms with Crippen LogP contribution < -0.4 is 14.9 Å². The second-order valence-electron chi connectivity index (χ2n) is 7.87. The van der Waals surface area contributed by atoms with Crippen LogP contribution in [0.3, 0.4) is 0 Å². The van der Waals surface area contributed by atoms with E-state index in [1.807, 2.05) is 0 Å². The Kier molecular flexibility index (Phi) is 6.15. The predicted octanol–water partition coefficient (Wildman–Crippen LogP) is 3.81. The molecule has 0 fully saturated rings. The summed E-state index contributed by atoms with van der Waals surface area (Å²) in [5.74, 6) is -4.16. The van der Waals surface area contributed by atoms with Gasteiger partial charge in [-0.1, -0.05) is 0 Å². The zero-order valence-electron chi connectivity index (χ0n) is 19.2. The van der Waals surface area contributed by atoms with Gasteiger partial charge >= 0.3 is 11.9 Å². The van der Waals surface area contributed by atoms with Crippen LogP contribution in [0.5, 0.6) is 28.7 Å². The average Bonchev–Trinajstić information content (AvgIpc) is 2.92. The van der Waals surface area contributed by atoms with E-state index >= 15 is 0 Å². The first-order valence-electron chi connectivity index (χ1n) is 10.9. The highest BCUT2D eigenvalue weighted by Crippen LogP contribution is 2.39. The summed E-state index contributed by atoms with van der Waals surface area (Å²) in [6.45, 7) is 0. The lowest BCUT2D eigenvalue weighted by Crippen LogP contribution is -2.13.